The number of aryl methyl sites for hydroxylation is 2. The highest BCUT2D eigenvalue weighted by Crippen LogP contribution is 2.18. The van der Waals surface area contributed by atoms with Crippen molar-refractivity contribution in [1.82, 2.24) is 19.7 Å². The Morgan fingerprint density at radius 2 is 1.89 bits per heavy atom. The van der Waals surface area contributed by atoms with Crippen molar-refractivity contribution in [2.24, 2.45) is 4.99 Å². The molecule has 0 atom stereocenters. The van der Waals surface area contributed by atoms with Gasteiger partial charge in [0.2, 0.25) is 21.9 Å². The van der Waals surface area contributed by atoms with E-state index >= 15 is 0 Å². The SMILES string of the molecule is Cc1cc(C)nc(NC(=NCCc2c[nH]c3ccccc23)NS(C)(=O)=O)n1. The van der Waals surface area contributed by atoms with E-state index in [1.165, 1.54) is 0 Å². The van der Waals surface area contributed by atoms with Crippen molar-refractivity contribution < 1.29 is 8.42 Å². The molecule has 0 saturated heterocycles. The van der Waals surface area contributed by atoms with Crippen LogP contribution in [0, 0.1) is 13.8 Å². The van der Waals surface area contributed by atoms with E-state index in [2.05, 4.69) is 30.0 Å². The normalized spacial score (nSPS) is 12.3. The van der Waals surface area contributed by atoms with Crippen LogP contribution in [0.3, 0.4) is 0 Å². The number of hydrogen-bond donors (Lipinski definition) is 3. The molecule has 0 bridgehead atoms. The standard InChI is InChI=1S/C18H22N6O2S/c1-12-10-13(2)22-18(21-12)23-17(24-27(3,25)26)19-9-8-14-11-20-16-7-5-4-6-15(14)16/h4-7,10-11,20H,8-9H2,1-3H3,(H2,19,21,22,23,24). The molecule has 1 aromatic carbocycles. The number of H-pyrrole nitrogens is 1. The molecule has 0 aliphatic rings. The fraction of sp³-hybridized carbons (Fsp3) is 0.278. The van der Waals surface area contributed by atoms with Crippen LogP contribution in [0.4, 0.5) is 5.95 Å². The minimum Gasteiger partial charge on any atom is -0.361 e. The summed E-state index contributed by atoms with van der Waals surface area (Å²) in [7, 11) is -3.49. The largest absolute Gasteiger partial charge is 0.361 e. The molecule has 0 saturated carbocycles. The lowest BCUT2D eigenvalue weighted by Gasteiger charge is -2.11. The van der Waals surface area contributed by atoms with Crippen LogP contribution in [-0.4, -0.2) is 42.1 Å². The Kier molecular flexibility index (Phi) is 5.41. The molecule has 0 unspecified atom stereocenters. The van der Waals surface area contributed by atoms with Crippen molar-refractivity contribution >= 4 is 32.8 Å². The van der Waals surface area contributed by atoms with Crippen LogP contribution in [0.1, 0.15) is 17.0 Å². The molecular formula is C18H22N6O2S. The van der Waals surface area contributed by atoms with Gasteiger partial charge in [0.1, 0.15) is 0 Å². The number of sulfonamides is 1. The van der Waals surface area contributed by atoms with Gasteiger partial charge in [-0.25, -0.2) is 18.4 Å². The summed E-state index contributed by atoms with van der Waals surface area (Å²) in [6.45, 7) is 4.09. The first-order valence-electron chi connectivity index (χ1n) is 8.47. The Bertz CT molecular complexity index is 1070. The smallest absolute Gasteiger partial charge is 0.232 e. The maximum Gasteiger partial charge on any atom is 0.232 e. The highest BCUT2D eigenvalue weighted by atomic mass is 32.2. The van der Waals surface area contributed by atoms with Gasteiger partial charge in [-0.15, -0.1) is 0 Å². The first-order chi connectivity index (χ1) is 12.8. The molecule has 0 radical (unpaired) electrons. The number of rotatable bonds is 5. The molecule has 0 aliphatic heterocycles. The zero-order chi connectivity index (χ0) is 19.4. The lowest BCUT2D eigenvalue weighted by molar-refractivity contribution is 0.598. The summed E-state index contributed by atoms with van der Waals surface area (Å²) in [5, 5.41) is 4.00. The van der Waals surface area contributed by atoms with Crippen molar-refractivity contribution in [3.8, 4) is 0 Å². The summed E-state index contributed by atoms with van der Waals surface area (Å²) in [6.07, 6.45) is 3.69. The highest BCUT2D eigenvalue weighted by molar-refractivity contribution is 7.89. The fourth-order valence-corrected chi connectivity index (χ4v) is 3.25. The number of aromatic amines is 1. The van der Waals surface area contributed by atoms with E-state index in [4.69, 9.17) is 0 Å². The summed E-state index contributed by atoms with van der Waals surface area (Å²) in [4.78, 5) is 16.1. The third-order valence-corrected chi connectivity index (χ3v) is 4.38. The molecule has 0 amide bonds. The molecule has 2 heterocycles. The van der Waals surface area contributed by atoms with Gasteiger partial charge >= 0.3 is 0 Å². The Morgan fingerprint density at radius 3 is 2.59 bits per heavy atom. The van der Waals surface area contributed by atoms with Gasteiger partial charge in [-0.05, 0) is 38.0 Å². The lowest BCUT2D eigenvalue weighted by atomic mass is 10.1. The topological polar surface area (TPSA) is 112 Å². The van der Waals surface area contributed by atoms with Crippen molar-refractivity contribution in [2.45, 2.75) is 20.3 Å². The minimum atomic E-state index is -3.49. The first kappa shape index (κ1) is 18.8. The molecule has 27 heavy (non-hydrogen) atoms. The number of anilines is 1. The third-order valence-electron chi connectivity index (χ3n) is 3.82. The maximum atomic E-state index is 11.7. The average Bonchev–Trinajstić information content (AvgIpc) is 2.96. The molecule has 3 N–H and O–H groups in total. The number of para-hydroxylation sites is 1. The molecule has 0 fully saturated rings. The molecule has 3 aromatic rings. The molecular weight excluding hydrogens is 364 g/mol. The van der Waals surface area contributed by atoms with Gasteiger partial charge in [-0.3, -0.25) is 15.0 Å². The van der Waals surface area contributed by atoms with Crippen molar-refractivity contribution in [3.63, 3.8) is 0 Å². The number of guanidine groups is 1. The lowest BCUT2D eigenvalue weighted by Crippen LogP contribution is -2.36. The number of benzene rings is 1. The summed E-state index contributed by atoms with van der Waals surface area (Å²) in [5.74, 6) is 0.400. The molecule has 142 valence electrons. The second-order valence-corrected chi connectivity index (χ2v) is 8.06. The summed E-state index contributed by atoms with van der Waals surface area (Å²) in [5.41, 5.74) is 3.74. The fourth-order valence-electron chi connectivity index (χ4n) is 2.79. The van der Waals surface area contributed by atoms with Crippen molar-refractivity contribution in [2.75, 3.05) is 18.1 Å². The number of fused-ring (bicyclic) bond motifs is 1. The average molecular weight is 386 g/mol. The Labute approximate surface area is 158 Å². The van der Waals surface area contributed by atoms with E-state index in [1.54, 1.807) is 0 Å². The van der Waals surface area contributed by atoms with Gasteiger partial charge in [-0.2, -0.15) is 0 Å². The second-order valence-electron chi connectivity index (χ2n) is 6.31. The van der Waals surface area contributed by atoms with E-state index in [0.717, 1.165) is 34.1 Å². The molecule has 9 heteroatoms. The summed E-state index contributed by atoms with van der Waals surface area (Å²) >= 11 is 0. The van der Waals surface area contributed by atoms with E-state index in [-0.39, 0.29) is 5.96 Å². The zero-order valence-corrected chi connectivity index (χ0v) is 16.3. The van der Waals surface area contributed by atoms with Crippen LogP contribution in [-0.2, 0) is 16.4 Å². The van der Waals surface area contributed by atoms with Gasteiger partial charge in [0.25, 0.3) is 0 Å². The Hall–Kier alpha value is -2.94. The van der Waals surface area contributed by atoms with Crippen LogP contribution < -0.4 is 10.0 Å². The van der Waals surface area contributed by atoms with Crippen molar-refractivity contribution in [1.29, 1.82) is 0 Å². The summed E-state index contributed by atoms with van der Waals surface area (Å²) in [6, 6.07) is 9.85. The summed E-state index contributed by atoms with van der Waals surface area (Å²) < 4.78 is 25.7. The Balaban J connectivity index is 1.77. The van der Waals surface area contributed by atoms with Crippen LogP contribution in [0.15, 0.2) is 41.5 Å². The third kappa shape index (κ3) is 5.27. The van der Waals surface area contributed by atoms with Crippen LogP contribution in [0.25, 0.3) is 10.9 Å². The van der Waals surface area contributed by atoms with E-state index < -0.39 is 10.0 Å². The van der Waals surface area contributed by atoms with Gasteiger partial charge in [-0.1, -0.05) is 18.2 Å². The monoisotopic (exact) mass is 386 g/mol. The quantitative estimate of drug-likeness (QED) is 0.459. The van der Waals surface area contributed by atoms with Crippen molar-refractivity contribution in [3.05, 3.63) is 53.5 Å². The van der Waals surface area contributed by atoms with Gasteiger partial charge < -0.3 is 4.98 Å². The van der Waals surface area contributed by atoms with Crippen LogP contribution in [0.5, 0.6) is 0 Å². The second kappa shape index (κ2) is 7.75. The maximum absolute atomic E-state index is 11.7. The highest BCUT2D eigenvalue weighted by Gasteiger charge is 2.10. The van der Waals surface area contributed by atoms with E-state index in [9.17, 15) is 8.42 Å². The zero-order valence-electron chi connectivity index (χ0n) is 15.4. The van der Waals surface area contributed by atoms with Gasteiger partial charge in [0.05, 0.1) is 6.26 Å². The number of aliphatic imine (C=N–C) groups is 1. The number of nitrogens with one attached hydrogen (secondary N) is 3. The predicted molar refractivity (Wildman–Crippen MR) is 107 cm³/mol. The van der Waals surface area contributed by atoms with Crippen LogP contribution >= 0.6 is 0 Å². The van der Waals surface area contributed by atoms with Crippen LogP contribution in [0.2, 0.25) is 0 Å². The molecule has 0 spiro atoms. The van der Waals surface area contributed by atoms with E-state index in [0.29, 0.717) is 18.9 Å². The minimum absolute atomic E-state index is 0.0994. The Morgan fingerprint density at radius 1 is 1.19 bits per heavy atom. The number of nitrogens with zero attached hydrogens (tertiary/aromatic N) is 3. The van der Waals surface area contributed by atoms with E-state index in [1.807, 2.05) is 50.4 Å². The first-order valence-corrected chi connectivity index (χ1v) is 10.4. The molecule has 2 aromatic heterocycles. The molecule has 0 aliphatic carbocycles. The van der Waals surface area contributed by atoms with Gasteiger partial charge in [0.15, 0.2) is 0 Å². The van der Waals surface area contributed by atoms with Gasteiger partial charge in [0, 0.05) is 35.0 Å². The predicted octanol–water partition coefficient (Wildman–Crippen LogP) is 2.13. The number of aromatic nitrogens is 3. The molecule has 8 nitrogen and oxygen atoms in total. The number of hydrogen-bond acceptors (Lipinski definition) is 5. The molecule has 3 rings (SSSR count).